The molecule has 0 radical (unpaired) electrons. The van der Waals surface area contributed by atoms with Crippen LogP contribution in [-0.2, 0) is 5.75 Å². The van der Waals surface area contributed by atoms with Gasteiger partial charge >= 0.3 is 6.61 Å². The fourth-order valence-electron chi connectivity index (χ4n) is 1.60. The minimum atomic E-state index is -2.85. The van der Waals surface area contributed by atoms with Crippen molar-refractivity contribution in [3.8, 4) is 5.75 Å². The zero-order valence-electron chi connectivity index (χ0n) is 10.4. The van der Waals surface area contributed by atoms with Crippen molar-refractivity contribution in [3.63, 3.8) is 0 Å². The predicted molar refractivity (Wildman–Crippen MR) is 78.5 cm³/mol. The molecule has 0 bridgehead atoms. The molecule has 0 atom stereocenters. The first-order valence-electron chi connectivity index (χ1n) is 5.76. The number of halogens is 3. The second-order valence-electron chi connectivity index (χ2n) is 3.99. The van der Waals surface area contributed by atoms with Crippen molar-refractivity contribution in [3.05, 3.63) is 53.1 Å². The van der Waals surface area contributed by atoms with Gasteiger partial charge in [-0.05, 0) is 42.5 Å². The number of nitrogens with two attached hydrogens (primary N) is 1. The van der Waals surface area contributed by atoms with E-state index in [1.54, 1.807) is 18.2 Å². The third-order valence-electron chi connectivity index (χ3n) is 2.51. The number of hydrogen-bond acceptors (Lipinski definition) is 3. The fourth-order valence-corrected chi connectivity index (χ4v) is 2.67. The Hall–Kier alpha value is -1.46. The zero-order chi connectivity index (χ0) is 14.5. The van der Waals surface area contributed by atoms with Crippen LogP contribution in [0.1, 0.15) is 5.56 Å². The lowest BCUT2D eigenvalue weighted by Crippen LogP contribution is -2.04. The van der Waals surface area contributed by atoms with Gasteiger partial charge in [-0.25, -0.2) is 0 Å². The van der Waals surface area contributed by atoms with E-state index in [0.29, 0.717) is 22.0 Å². The number of benzene rings is 2. The fraction of sp³-hybridized carbons (Fsp3) is 0.143. The van der Waals surface area contributed by atoms with Gasteiger partial charge in [0.15, 0.2) is 0 Å². The van der Waals surface area contributed by atoms with E-state index in [-0.39, 0.29) is 5.75 Å². The van der Waals surface area contributed by atoms with Crippen LogP contribution in [-0.4, -0.2) is 6.61 Å². The first-order chi connectivity index (χ1) is 9.54. The van der Waals surface area contributed by atoms with Crippen LogP contribution in [0.15, 0.2) is 47.4 Å². The molecule has 0 amide bonds. The summed E-state index contributed by atoms with van der Waals surface area (Å²) in [6.07, 6.45) is 0. The van der Waals surface area contributed by atoms with Crippen molar-refractivity contribution < 1.29 is 13.5 Å². The normalized spacial score (nSPS) is 10.8. The highest BCUT2D eigenvalue weighted by atomic mass is 35.5. The second-order valence-corrected chi connectivity index (χ2v) is 5.47. The average Bonchev–Trinajstić information content (AvgIpc) is 2.40. The minimum Gasteiger partial charge on any atom is -0.435 e. The number of thioether (sulfide) groups is 1. The molecule has 0 aliphatic heterocycles. The van der Waals surface area contributed by atoms with Gasteiger partial charge in [0, 0.05) is 26.9 Å². The van der Waals surface area contributed by atoms with E-state index >= 15 is 0 Å². The Morgan fingerprint density at radius 1 is 1.15 bits per heavy atom. The first kappa shape index (κ1) is 14.9. The molecule has 0 aliphatic rings. The van der Waals surface area contributed by atoms with Crippen molar-refractivity contribution in [1.29, 1.82) is 0 Å². The van der Waals surface area contributed by atoms with Crippen LogP contribution in [0, 0.1) is 0 Å². The van der Waals surface area contributed by atoms with Crippen LogP contribution in [0.4, 0.5) is 14.5 Å². The molecule has 0 aliphatic carbocycles. The summed E-state index contributed by atoms with van der Waals surface area (Å²) < 4.78 is 29.1. The van der Waals surface area contributed by atoms with Crippen LogP contribution in [0.2, 0.25) is 5.02 Å². The molecule has 106 valence electrons. The molecule has 2 rings (SSSR count). The van der Waals surface area contributed by atoms with E-state index in [9.17, 15) is 8.78 Å². The molecule has 0 aromatic heterocycles. The largest absolute Gasteiger partial charge is 0.435 e. The molecule has 0 saturated heterocycles. The Bertz CT molecular complexity index is 578. The molecule has 2 nitrogen and oxygen atoms in total. The van der Waals surface area contributed by atoms with Crippen LogP contribution in [0.25, 0.3) is 0 Å². The lowest BCUT2D eigenvalue weighted by Gasteiger charge is -2.11. The second kappa shape index (κ2) is 6.81. The summed E-state index contributed by atoms with van der Waals surface area (Å²) in [6.45, 7) is -2.85. The maximum absolute atomic E-state index is 12.3. The average molecular weight is 316 g/mol. The smallest absolute Gasteiger partial charge is 0.387 e. The SMILES string of the molecule is Nc1ccc(SCc2cc(Cl)ccc2OC(F)F)cc1. The number of nitrogen functional groups attached to an aromatic ring is 1. The number of ether oxygens (including phenoxy) is 1. The standard InChI is InChI=1S/C14H12ClF2NOS/c15-10-1-6-13(19-14(16)17)9(7-10)8-20-12-4-2-11(18)3-5-12/h1-7,14H,8,18H2. The Labute approximate surface area is 124 Å². The molecule has 2 aromatic rings. The monoisotopic (exact) mass is 315 g/mol. The van der Waals surface area contributed by atoms with Crippen molar-refractivity contribution >= 4 is 29.1 Å². The summed E-state index contributed by atoms with van der Waals surface area (Å²) in [7, 11) is 0. The Morgan fingerprint density at radius 3 is 2.50 bits per heavy atom. The third-order valence-corrected chi connectivity index (χ3v) is 3.81. The third kappa shape index (κ3) is 4.28. The summed E-state index contributed by atoms with van der Waals surface area (Å²) in [5.41, 5.74) is 6.91. The molecule has 20 heavy (non-hydrogen) atoms. The van der Waals surface area contributed by atoms with Crippen LogP contribution in [0.3, 0.4) is 0 Å². The molecule has 0 saturated carbocycles. The Kier molecular flexibility index (Phi) is 5.09. The minimum absolute atomic E-state index is 0.146. The maximum Gasteiger partial charge on any atom is 0.387 e. The van der Waals surface area contributed by atoms with E-state index in [1.807, 2.05) is 12.1 Å². The summed E-state index contributed by atoms with van der Waals surface area (Å²) in [4.78, 5) is 0.988. The highest BCUT2D eigenvalue weighted by Crippen LogP contribution is 2.31. The molecule has 0 heterocycles. The number of alkyl halides is 2. The van der Waals surface area contributed by atoms with Gasteiger partial charge in [-0.2, -0.15) is 8.78 Å². The molecule has 2 aromatic carbocycles. The summed E-state index contributed by atoms with van der Waals surface area (Å²) >= 11 is 7.38. The van der Waals surface area contributed by atoms with Gasteiger partial charge in [-0.1, -0.05) is 11.6 Å². The number of hydrogen-bond donors (Lipinski definition) is 1. The molecular weight excluding hydrogens is 304 g/mol. The predicted octanol–water partition coefficient (Wildman–Crippen LogP) is 4.82. The van der Waals surface area contributed by atoms with Gasteiger partial charge < -0.3 is 10.5 Å². The topological polar surface area (TPSA) is 35.2 Å². The van der Waals surface area contributed by atoms with Gasteiger partial charge in [0.1, 0.15) is 5.75 Å². The molecule has 6 heteroatoms. The number of rotatable bonds is 5. The van der Waals surface area contributed by atoms with E-state index in [1.165, 1.54) is 23.9 Å². The van der Waals surface area contributed by atoms with Gasteiger partial charge in [0.2, 0.25) is 0 Å². The van der Waals surface area contributed by atoms with E-state index in [0.717, 1.165) is 4.90 Å². The molecule has 0 spiro atoms. The Balaban J connectivity index is 2.11. The summed E-state index contributed by atoms with van der Waals surface area (Å²) in [5, 5.41) is 0.486. The number of anilines is 1. The molecule has 0 unspecified atom stereocenters. The van der Waals surface area contributed by atoms with E-state index in [4.69, 9.17) is 17.3 Å². The molecule has 0 fully saturated rings. The van der Waals surface area contributed by atoms with E-state index < -0.39 is 6.61 Å². The van der Waals surface area contributed by atoms with Crippen LogP contribution in [0.5, 0.6) is 5.75 Å². The highest BCUT2D eigenvalue weighted by molar-refractivity contribution is 7.98. The van der Waals surface area contributed by atoms with Gasteiger partial charge in [-0.3, -0.25) is 0 Å². The summed E-state index contributed by atoms with van der Waals surface area (Å²) in [5.74, 6) is 0.624. The van der Waals surface area contributed by atoms with Crippen molar-refractivity contribution in [2.75, 3.05) is 5.73 Å². The maximum atomic E-state index is 12.3. The van der Waals surface area contributed by atoms with Gasteiger partial charge in [0.05, 0.1) is 0 Å². The Morgan fingerprint density at radius 2 is 1.85 bits per heavy atom. The van der Waals surface area contributed by atoms with Crippen molar-refractivity contribution in [1.82, 2.24) is 0 Å². The van der Waals surface area contributed by atoms with Crippen molar-refractivity contribution in [2.45, 2.75) is 17.3 Å². The lowest BCUT2D eigenvalue weighted by molar-refractivity contribution is -0.0503. The molecule has 2 N–H and O–H groups in total. The van der Waals surface area contributed by atoms with Gasteiger partial charge in [0.25, 0.3) is 0 Å². The van der Waals surface area contributed by atoms with E-state index in [2.05, 4.69) is 4.74 Å². The highest BCUT2D eigenvalue weighted by Gasteiger charge is 2.10. The van der Waals surface area contributed by atoms with Crippen LogP contribution < -0.4 is 10.5 Å². The van der Waals surface area contributed by atoms with Crippen LogP contribution >= 0.6 is 23.4 Å². The zero-order valence-corrected chi connectivity index (χ0v) is 11.9. The quantitative estimate of drug-likeness (QED) is 0.635. The van der Waals surface area contributed by atoms with Crippen molar-refractivity contribution in [2.24, 2.45) is 0 Å². The lowest BCUT2D eigenvalue weighted by atomic mass is 10.2. The summed E-state index contributed by atoms with van der Waals surface area (Å²) in [6, 6.07) is 11.9. The molecular formula is C14H12ClF2NOS. The van der Waals surface area contributed by atoms with Gasteiger partial charge in [-0.15, -0.1) is 11.8 Å². The first-order valence-corrected chi connectivity index (χ1v) is 7.12.